The van der Waals surface area contributed by atoms with Crippen molar-refractivity contribution in [2.24, 2.45) is 0 Å². The molecule has 0 aliphatic carbocycles. The summed E-state index contributed by atoms with van der Waals surface area (Å²) in [6.45, 7) is 0.0259. The molecule has 0 bridgehead atoms. The van der Waals surface area contributed by atoms with Crippen LogP contribution in [0.25, 0.3) is 0 Å². The summed E-state index contributed by atoms with van der Waals surface area (Å²) < 4.78 is 36.0. The second-order valence-corrected chi connectivity index (χ2v) is 2.37. The van der Waals surface area contributed by atoms with Gasteiger partial charge in [-0.1, -0.05) is 0 Å². The number of aromatic nitrogens is 1. The molecule has 6 heteroatoms. The Kier molecular flexibility index (Phi) is 2.84. The first-order valence-corrected chi connectivity index (χ1v) is 3.43. The van der Waals surface area contributed by atoms with E-state index in [-0.39, 0.29) is 6.54 Å². The van der Waals surface area contributed by atoms with Crippen LogP contribution in [-0.2, 0) is 12.7 Å². The number of pyridine rings is 1. The van der Waals surface area contributed by atoms with Crippen LogP contribution in [0.3, 0.4) is 0 Å². The van der Waals surface area contributed by atoms with E-state index < -0.39 is 11.7 Å². The fourth-order valence-electron chi connectivity index (χ4n) is 0.778. The molecule has 0 spiro atoms. The molecule has 0 aliphatic rings. The minimum absolute atomic E-state index is 0.0259. The van der Waals surface area contributed by atoms with Crippen LogP contribution in [0.4, 0.5) is 13.2 Å². The van der Waals surface area contributed by atoms with Crippen LogP contribution < -0.4 is 5.48 Å². The molecule has 1 aromatic heterocycles. The lowest BCUT2D eigenvalue weighted by Gasteiger charge is -2.05. The van der Waals surface area contributed by atoms with Crippen molar-refractivity contribution in [2.75, 3.05) is 0 Å². The molecule has 0 aliphatic heterocycles. The first-order valence-electron chi connectivity index (χ1n) is 3.43. The monoisotopic (exact) mass is 192 g/mol. The van der Waals surface area contributed by atoms with Gasteiger partial charge in [-0.15, -0.1) is 0 Å². The predicted molar refractivity (Wildman–Crippen MR) is 37.9 cm³/mol. The summed E-state index contributed by atoms with van der Waals surface area (Å²) in [6.07, 6.45) is -3.63. The normalized spacial score (nSPS) is 11.7. The number of hydrogen-bond donors (Lipinski definition) is 2. The Hall–Kier alpha value is -1.14. The van der Waals surface area contributed by atoms with Crippen molar-refractivity contribution < 1.29 is 18.4 Å². The fourth-order valence-corrected chi connectivity index (χ4v) is 0.778. The van der Waals surface area contributed by atoms with Gasteiger partial charge in [-0.3, -0.25) is 4.98 Å². The van der Waals surface area contributed by atoms with E-state index in [0.717, 1.165) is 12.3 Å². The third-order valence-electron chi connectivity index (χ3n) is 1.41. The first kappa shape index (κ1) is 9.94. The number of rotatable bonds is 2. The van der Waals surface area contributed by atoms with Gasteiger partial charge in [-0.25, -0.2) is 0 Å². The molecule has 0 fully saturated rings. The molecular weight excluding hydrogens is 185 g/mol. The van der Waals surface area contributed by atoms with Crippen LogP contribution >= 0.6 is 0 Å². The van der Waals surface area contributed by atoms with Crippen molar-refractivity contribution >= 4 is 0 Å². The van der Waals surface area contributed by atoms with Crippen LogP contribution in [-0.4, -0.2) is 10.2 Å². The quantitative estimate of drug-likeness (QED) is 0.699. The van der Waals surface area contributed by atoms with Crippen LogP contribution in [0.5, 0.6) is 0 Å². The average Bonchev–Trinajstić information content (AvgIpc) is 2.04. The maximum atomic E-state index is 12.0. The fraction of sp³-hybridized carbons (Fsp3) is 0.286. The Balaban J connectivity index is 2.81. The Morgan fingerprint density at radius 3 is 2.46 bits per heavy atom. The van der Waals surface area contributed by atoms with Gasteiger partial charge in [-0.2, -0.15) is 18.7 Å². The zero-order chi connectivity index (χ0) is 9.90. The van der Waals surface area contributed by atoms with Crippen molar-refractivity contribution in [1.29, 1.82) is 0 Å². The Morgan fingerprint density at radius 1 is 1.38 bits per heavy atom. The number of hydroxylamine groups is 1. The topological polar surface area (TPSA) is 45.1 Å². The van der Waals surface area contributed by atoms with Gasteiger partial charge in [0.05, 0.1) is 17.8 Å². The van der Waals surface area contributed by atoms with Crippen molar-refractivity contribution in [1.82, 2.24) is 10.5 Å². The van der Waals surface area contributed by atoms with E-state index in [1.54, 1.807) is 5.48 Å². The lowest BCUT2D eigenvalue weighted by atomic mass is 10.2. The molecule has 13 heavy (non-hydrogen) atoms. The number of alkyl halides is 3. The standard InChI is InChI=1S/C7H7F3N2O/c8-7(9,10)5-1-2-6(4-12-13)11-3-5/h1-3,12-13H,4H2. The summed E-state index contributed by atoms with van der Waals surface area (Å²) in [5.74, 6) is 0. The van der Waals surface area contributed by atoms with Gasteiger partial charge >= 0.3 is 6.18 Å². The van der Waals surface area contributed by atoms with Gasteiger partial charge in [0.25, 0.3) is 0 Å². The lowest BCUT2D eigenvalue weighted by molar-refractivity contribution is -0.137. The summed E-state index contributed by atoms with van der Waals surface area (Å²) in [6, 6.07) is 2.12. The molecule has 0 saturated carbocycles. The maximum Gasteiger partial charge on any atom is 0.417 e. The first-order chi connectivity index (χ1) is 6.04. The van der Waals surface area contributed by atoms with Gasteiger partial charge in [0, 0.05) is 6.20 Å². The summed E-state index contributed by atoms with van der Waals surface area (Å²) in [5.41, 5.74) is 1.34. The lowest BCUT2D eigenvalue weighted by Crippen LogP contribution is -2.10. The summed E-state index contributed by atoms with van der Waals surface area (Å²) in [5, 5.41) is 8.24. The highest BCUT2D eigenvalue weighted by atomic mass is 19.4. The molecule has 3 nitrogen and oxygen atoms in total. The molecule has 0 radical (unpaired) electrons. The highest BCUT2D eigenvalue weighted by Gasteiger charge is 2.30. The molecular formula is C7H7F3N2O. The second kappa shape index (κ2) is 3.71. The maximum absolute atomic E-state index is 12.0. The van der Waals surface area contributed by atoms with E-state index in [0.29, 0.717) is 5.69 Å². The molecule has 0 atom stereocenters. The highest BCUT2D eigenvalue weighted by molar-refractivity contribution is 5.16. The Labute approximate surface area is 72.2 Å². The molecule has 1 heterocycles. The van der Waals surface area contributed by atoms with Crippen molar-refractivity contribution in [3.8, 4) is 0 Å². The van der Waals surface area contributed by atoms with E-state index in [2.05, 4.69) is 4.98 Å². The van der Waals surface area contributed by atoms with Crippen LogP contribution in [0.15, 0.2) is 18.3 Å². The molecule has 0 saturated heterocycles. The zero-order valence-electron chi connectivity index (χ0n) is 6.47. The molecule has 0 amide bonds. The number of hydrogen-bond acceptors (Lipinski definition) is 3. The van der Waals surface area contributed by atoms with E-state index in [4.69, 9.17) is 5.21 Å². The van der Waals surface area contributed by atoms with Crippen molar-refractivity contribution in [3.05, 3.63) is 29.6 Å². The molecule has 1 rings (SSSR count). The van der Waals surface area contributed by atoms with Crippen LogP contribution in [0.1, 0.15) is 11.3 Å². The van der Waals surface area contributed by atoms with Crippen molar-refractivity contribution in [3.63, 3.8) is 0 Å². The third kappa shape index (κ3) is 2.67. The van der Waals surface area contributed by atoms with Crippen molar-refractivity contribution in [2.45, 2.75) is 12.7 Å². The molecule has 1 aromatic rings. The van der Waals surface area contributed by atoms with E-state index in [1.165, 1.54) is 6.07 Å². The van der Waals surface area contributed by atoms with Gasteiger partial charge < -0.3 is 5.21 Å². The molecule has 0 aromatic carbocycles. The highest BCUT2D eigenvalue weighted by Crippen LogP contribution is 2.28. The minimum atomic E-state index is -4.36. The third-order valence-corrected chi connectivity index (χ3v) is 1.41. The Bertz CT molecular complexity index is 270. The van der Waals surface area contributed by atoms with E-state index in [1.807, 2.05) is 0 Å². The van der Waals surface area contributed by atoms with Gasteiger partial charge in [0.1, 0.15) is 0 Å². The average molecular weight is 192 g/mol. The smallest absolute Gasteiger partial charge is 0.316 e. The van der Waals surface area contributed by atoms with Crippen LogP contribution in [0, 0.1) is 0 Å². The van der Waals surface area contributed by atoms with Crippen LogP contribution in [0.2, 0.25) is 0 Å². The zero-order valence-corrected chi connectivity index (χ0v) is 6.47. The second-order valence-electron chi connectivity index (χ2n) is 2.37. The minimum Gasteiger partial charge on any atom is -0.316 e. The number of nitrogens with zero attached hydrogens (tertiary/aromatic N) is 1. The summed E-state index contributed by atoms with van der Waals surface area (Å²) >= 11 is 0. The molecule has 72 valence electrons. The van der Waals surface area contributed by atoms with Gasteiger partial charge in [-0.05, 0) is 12.1 Å². The number of halogens is 3. The SMILES string of the molecule is ONCc1ccc(C(F)(F)F)cn1. The Morgan fingerprint density at radius 2 is 2.08 bits per heavy atom. The summed E-state index contributed by atoms with van der Waals surface area (Å²) in [7, 11) is 0. The van der Waals surface area contributed by atoms with Gasteiger partial charge in [0.2, 0.25) is 0 Å². The van der Waals surface area contributed by atoms with E-state index >= 15 is 0 Å². The molecule has 0 unspecified atom stereocenters. The van der Waals surface area contributed by atoms with E-state index in [9.17, 15) is 13.2 Å². The largest absolute Gasteiger partial charge is 0.417 e. The predicted octanol–water partition coefficient (Wildman–Crippen LogP) is 1.58. The molecule has 2 N–H and O–H groups in total. The number of nitrogens with one attached hydrogen (secondary N) is 1. The summed E-state index contributed by atoms with van der Waals surface area (Å²) in [4.78, 5) is 3.49. The van der Waals surface area contributed by atoms with Gasteiger partial charge in [0.15, 0.2) is 0 Å².